The van der Waals surface area contributed by atoms with E-state index in [4.69, 9.17) is 0 Å². The molecule has 5 rings (SSSR count). The Morgan fingerprint density at radius 3 is 2.67 bits per heavy atom. The Morgan fingerprint density at radius 1 is 1.12 bits per heavy atom. The average molecular weight is 455 g/mol. The standard InChI is InChI=1S/C23H24F3N7/c1-14-17(4-3-5-19(14)23(24,25)26)15(2)29-21-18-12-16(32-10-8-27-9-11-32)6-7-20(18)33-13-28-31-22(33)30-21/h3-7,12-13,15,27H,8-11H2,1-2H3,(H,29,30,31). The second-order valence-corrected chi connectivity index (χ2v) is 8.28. The molecule has 1 unspecified atom stereocenters. The zero-order valence-electron chi connectivity index (χ0n) is 18.3. The Kier molecular flexibility index (Phi) is 5.32. The molecule has 1 atom stereocenters. The van der Waals surface area contributed by atoms with Gasteiger partial charge in [0.15, 0.2) is 0 Å². The molecule has 0 radical (unpaired) electrons. The molecule has 1 fully saturated rings. The van der Waals surface area contributed by atoms with Gasteiger partial charge in [0.2, 0.25) is 0 Å². The largest absolute Gasteiger partial charge is 0.416 e. The van der Waals surface area contributed by atoms with Gasteiger partial charge in [0.25, 0.3) is 5.78 Å². The highest BCUT2D eigenvalue weighted by Crippen LogP contribution is 2.36. The van der Waals surface area contributed by atoms with Crippen LogP contribution < -0.4 is 15.5 Å². The topological polar surface area (TPSA) is 70.4 Å². The molecule has 33 heavy (non-hydrogen) atoms. The number of alkyl halides is 3. The monoisotopic (exact) mass is 455 g/mol. The fourth-order valence-electron chi connectivity index (χ4n) is 4.50. The van der Waals surface area contributed by atoms with Crippen LogP contribution in [-0.2, 0) is 6.18 Å². The second-order valence-electron chi connectivity index (χ2n) is 8.28. The van der Waals surface area contributed by atoms with Gasteiger partial charge in [-0.25, -0.2) is 0 Å². The van der Waals surface area contributed by atoms with Crippen molar-refractivity contribution in [2.45, 2.75) is 26.1 Å². The first-order valence-electron chi connectivity index (χ1n) is 10.9. The number of anilines is 2. The molecule has 0 amide bonds. The number of fused-ring (bicyclic) bond motifs is 3. The second kappa shape index (κ2) is 8.18. The van der Waals surface area contributed by atoms with Gasteiger partial charge in [0.1, 0.15) is 12.1 Å². The van der Waals surface area contributed by atoms with Crippen LogP contribution in [0.2, 0.25) is 0 Å². The predicted molar refractivity (Wildman–Crippen MR) is 122 cm³/mol. The number of halogens is 3. The molecule has 1 aliphatic heterocycles. The molecule has 7 nitrogen and oxygen atoms in total. The molecule has 0 saturated carbocycles. The van der Waals surface area contributed by atoms with Crippen molar-refractivity contribution in [2.75, 3.05) is 36.4 Å². The molecule has 0 aliphatic carbocycles. The molecule has 10 heteroatoms. The minimum Gasteiger partial charge on any atom is -0.369 e. The third-order valence-corrected chi connectivity index (χ3v) is 6.22. The van der Waals surface area contributed by atoms with Crippen molar-refractivity contribution in [3.8, 4) is 0 Å². The number of nitrogens with one attached hydrogen (secondary N) is 2. The molecule has 172 valence electrons. The first-order chi connectivity index (χ1) is 15.8. The lowest BCUT2D eigenvalue weighted by molar-refractivity contribution is -0.138. The highest BCUT2D eigenvalue weighted by molar-refractivity contribution is 5.93. The van der Waals surface area contributed by atoms with Crippen LogP contribution in [-0.4, -0.2) is 45.8 Å². The van der Waals surface area contributed by atoms with E-state index in [-0.39, 0.29) is 5.56 Å². The van der Waals surface area contributed by atoms with Crippen LogP contribution in [0, 0.1) is 6.92 Å². The van der Waals surface area contributed by atoms with Crippen LogP contribution in [0.5, 0.6) is 0 Å². The molecule has 1 aliphatic rings. The average Bonchev–Trinajstić information content (AvgIpc) is 3.27. The van der Waals surface area contributed by atoms with E-state index in [1.165, 1.54) is 13.0 Å². The molecule has 2 N–H and O–H groups in total. The predicted octanol–water partition coefficient (Wildman–Crippen LogP) is 4.19. The van der Waals surface area contributed by atoms with Gasteiger partial charge in [-0.3, -0.25) is 4.40 Å². The Balaban J connectivity index is 1.58. The van der Waals surface area contributed by atoms with Gasteiger partial charge in [-0.2, -0.15) is 18.2 Å². The summed E-state index contributed by atoms with van der Waals surface area (Å²) in [6, 6.07) is 10.0. The summed E-state index contributed by atoms with van der Waals surface area (Å²) in [5.41, 5.74) is 2.10. The van der Waals surface area contributed by atoms with Gasteiger partial charge < -0.3 is 15.5 Å². The van der Waals surface area contributed by atoms with Gasteiger partial charge in [-0.15, -0.1) is 10.2 Å². The smallest absolute Gasteiger partial charge is 0.369 e. The van der Waals surface area contributed by atoms with Crippen LogP contribution in [0.4, 0.5) is 24.7 Å². The van der Waals surface area contributed by atoms with E-state index < -0.39 is 17.8 Å². The number of benzene rings is 2. The third-order valence-electron chi connectivity index (χ3n) is 6.22. The Morgan fingerprint density at radius 2 is 1.91 bits per heavy atom. The van der Waals surface area contributed by atoms with Gasteiger partial charge in [0, 0.05) is 37.3 Å². The minimum absolute atomic E-state index is 0.208. The summed E-state index contributed by atoms with van der Waals surface area (Å²) in [6.07, 6.45) is -2.79. The number of rotatable bonds is 4. The normalized spacial score (nSPS) is 15.8. The van der Waals surface area contributed by atoms with E-state index >= 15 is 0 Å². The Labute approximate surface area is 188 Å². The molecule has 4 aromatic rings. The summed E-state index contributed by atoms with van der Waals surface area (Å²) in [5.74, 6) is 0.986. The lowest BCUT2D eigenvalue weighted by atomic mass is 9.97. The van der Waals surface area contributed by atoms with Crippen molar-refractivity contribution in [1.82, 2.24) is 24.9 Å². The maximum Gasteiger partial charge on any atom is 0.416 e. The molecule has 1 saturated heterocycles. The molecular formula is C23H24F3N7. The maximum absolute atomic E-state index is 13.4. The van der Waals surface area contributed by atoms with Crippen LogP contribution in [0.3, 0.4) is 0 Å². The van der Waals surface area contributed by atoms with Crippen LogP contribution >= 0.6 is 0 Å². The highest BCUT2D eigenvalue weighted by Gasteiger charge is 2.33. The summed E-state index contributed by atoms with van der Waals surface area (Å²) in [6.45, 7) is 6.97. The fraction of sp³-hybridized carbons (Fsp3) is 0.348. The summed E-state index contributed by atoms with van der Waals surface area (Å²) in [7, 11) is 0. The molecule has 0 bridgehead atoms. The fourth-order valence-corrected chi connectivity index (χ4v) is 4.50. The summed E-state index contributed by atoms with van der Waals surface area (Å²) >= 11 is 0. The SMILES string of the molecule is Cc1c(C(C)Nc2nc3nncn3c3ccc(N4CCNCC4)cc23)cccc1C(F)(F)F. The van der Waals surface area contributed by atoms with E-state index in [2.05, 4.69) is 42.8 Å². The zero-order chi connectivity index (χ0) is 23.2. The Hall–Kier alpha value is -3.40. The molecule has 2 aromatic heterocycles. The van der Waals surface area contributed by atoms with Crippen molar-refractivity contribution in [3.05, 3.63) is 59.4 Å². The van der Waals surface area contributed by atoms with Crippen LogP contribution in [0.25, 0.3) is 16.7 Å². The van der Waals surface area contributed by atoms with Crippen molar-refractivity contribution in [3.63, 3.8) is 0 Å². The number of hydrogen-bond acceptors (Lipinski definition) is 6. The van der Waals surface area contributed by atoms with Crippen LogP contribution in [0.1, 0.15) is 29.7 Å². The quantitative estimate of drug-likeness (QED) is 0.481. The zero-order valence-corrected chi connectivity index (χ0v) is 18.3. The number of piperazine rings is 1. The first-order valence-corrected chi connectivity index (χ1v) is 10.9. The van der Waals surface area contributed by atoms with E-state index in [1.54, 1.807) is 12.4 Å². The van der Waals surface area contributed by atoms with Gasteiger partial charge in [-0.05, 0) is 49.2 Å². The molecule has 3 heterocycles. The lowest BCUT2D eigenvalue weighted by Crippen LogP contribution is -2.43. The van der Waals surface area contributed by atoms with Crippen molar-refractivity contribution >= 4 is 28.2 Å². The van der Waals surface area contributed by atoms with E-state index in [0.29, 0.717) is 17.2 Å². The van der Waals surface area contributed by atoms with Gasteiger partial charge in [-0.1, -0.05) is 12.1 Å². The van der Waals surface area contributed by atoms with Gasteiger partial charge in [0.05, 0.1) is 17.1 Å². The summed E-state index contributed by atoms with van der Waals surface area (Å²) in [4.78, 5) is 6.94. The minimum atomic E-state index is -4.40. The summed E-state index contributed by atoms with van der Waals surface area (Å²) < 4.78 is 42.1. The molecule has 0 spiro atoms. The van der Waals surface area contributed by atoms with Crippen molar-refractivity contribution < 1.29 is 13.2 Å². The molecule has 2 aromatic carbocycles. The number of nitrogens with zero attached hydrogens (tertiary/aromatic N) is 5. The first kappa shape index (κ1) is 21.4. The lowest BCUT2D eigenvalue weighted by Gasteiger charge is -2.30. The number of hydrogen-bond donors (Lipinski definition) is 2. The molecular weight excluding hydrogens is 431 g/mol. The van der Waals surface area contributed by atoms with Crippen molar-refractivity contribution in [2.24, 2.45) is 0 Å². The van der Waals surface area contributed by atoms with E-state index in [1.807, 2.05) is 17.4 Å². The van der Waals surface area contributed by atoms with E-state index in [0.717, 1.165) is 48.8 Å². The highest BCUT2D eigenvalue weighted by atomic mass is 19.4. The number of aromatic nitrogens is 4. The van der Waals surface area contributed by atoms with E-state index in [9.17, 15) is 13.2 Å². The summed E-state index contributed by atoms with van der Waals surface area (Å²) in [5, 5.41) is 15.6. The Bertz CT molecular complexity index is 1310. The van der Waals surface area contributed by atoms with Gasteiger partial charge >= 0.3 is 6.18 Å². The van der Waals surface area contributed by atoms with Crippen molar-refractivity contribution in [1.29, 1.82) is 0 Å². The third kappa shape index (κ3) is 3.95. The van der Waals surface area contributed by atoms with Crippen LogP contribution in [0.15, 0.2) is 42.7 Å². The maximum atomic E-state index is 13.4.